The molecule has 110 valence electrons. The summed E-state index contributed by atoms with van der Waals surface area (Å²) in [5.41, 5.74) is 0.889. The molecule has 0 spiro atoms. The minimum atomic E-state index is -1.30. The van der Waals surface area contributed by atoms with Gasteiger partial charge in [0.25, 0.3) is 0 Å². The van der Waals surface area contributed by atoms with E-state index in [9.17, 15) is 4.21 Å². The molecule has 3 nitrogen and oxygen atoms in total. The highest BCUT2D eigenvalue weighted by Crippen LogP contribution is 2.22. The molecule has 0 amide bonds. The predicted octanol–water partition coefficient (Wildman–Crippen LogP) is 3.98. The number of rotatable bonds is 2. The van der Waals surface area contributed by atoms with Crippen LogP contribution >= 0.6 is 0 Å². The van der Waals surface area contributed by atoms with Gasteiger partial charge in [-0.3, -0.25) is 0 Å². The van der Waals surface area contributed by atoms with Gasteiger partial charge in [0.15, 0.2) is 0 Å². The zero-order chi connectivity index (χ0) is 15.3. The molecule has 0 saturated heterocycles. The van der Waals surface area contributed by atoms with Crippen LogP contribution in [-0.4, -0.2) is 14.7 Å². The summed E-state index contributed by atoms with van der Waals surface area (Å²) >= 11 is 0. The number of aryl methyl sites for hydroxylation is 1. The van der Waals surface area contributed by atoms with Crippen molar-refractivity contribution in [2.45, 2.75) is 52.1 Å². The molecule has 0 saturated carbocycles. The summed E-state index contributed by atoms with van der Waals surface area (Å²) in [5.74, 6) is 0. The van der Waals surface area contributed by atoms with Crippen molar-refractivity contribution in [3.8, 4) is 0 Å². The number of aromatic nitrogens is 1. The lowest BCUT2D eigenvalue weighted by Crippen LogP contribution is -2.37. The number of hydrogen-bond acceptors (Lipinski definition) is 2. The highest BCUT2D eigenvalue weighted by atomic mass is 32.2. The van der Waals surface area contributed by atoms with Gasteiger partial charge >= 0.3 is 0 Å². The number of benzene rings is 1. The van der Waals surface area contributed by atoms with Crippen molar-refractivity contribution in [1.29, 1.82) is 0 Å². The molecular formula is C16H24N2OS. The van der Waals surface area contributed by atoms with Crippen molar-refractivity contribution < 1.29 is 4.21 Å². The molecule has 2 aromatic rings. The molecule has 1 unspecified atom stereocenters. The maximum Gasteiger partial charge on any atom is 0.150 e. The van der Waals surface area contributed by atoms with Crippen LogP contribution in [0.1, 0.15) is 40.2 Å². The third kappa shape index (κ3) is 4.12. The van der Waals surface area contributed by atoms with E-state index in [2.05, 4.69) is 9.71 Å². The Morgan fingerprint density at radius 2 is 1.65 bits per heavy atom. The summed E-state index contributed by atoms with van der Waals surface area (Å²) in [5, 5.41) is 2.66. The summed E-state index contributed by atoms with van der Waals surface area (Å²) in [6, 6.07) is 7.93. The maximum absolute atomic E-state index is 12.3. The van der Waals surface area contributed by atoms with Crippen LogP contribution in [0.5, 0.6) is 0 Å². The van der Waals surface area contributed by atoms with Gasteiger partial charge in [-0.15, -0.1) is 0 Å². The van der Waals surface area contributed by atoms with Crippen LogP contribution in [0.2, 0.25) is 0 Å². The van der Waals surface area contributed by atoms with Gasteiger partial charge in [-0.2, -0.15) is 0 Å². The summed E-state index contributed by atoms with van der Waals surface area (Å²) < 4.78 is 15.4. The Bertz CT molecular complexity index is 603. The minimum Gasteiger partial charge on any atom is -0.245 e. The number of nitrogens with zero attached hydrogens (tertiary/aromatic N) is 1. The lowest BCUT2D eigenvalue weighted by atomic mass is 10.1. The first-order valence-electron chi connectivity index (χ1n) is 6.92. The number of nitrogens with one attached hydrogen (secondary N) is 1. The molecular weight excluding hydrogens is 268 g/mol. The van der Waals surface area contributed by atoms with Crippen molar-refractivity contribution in [2.75, 3.05) is 0 Å². The van der Waals surface area contributed by atoms with Crippen LogP contribution in [0.15, 0.2) is 35.5 Å². The fourth-order valence-corrected chi connectivity index (χ4v) is 2.96. The van der Waals surface area contributed by atoms with E-state index in [1.165, 1.54) is 0 Å². The number of fused-ring (bicyclic) bond motifs is 1. The Morgan fingerprint density at radius 3 is 2.20 bits per heavy atom. The van der Waals surface area contributed by atoms with Crippen molar-refractivity contribution in [3.05, 3.63) is 36.0 Å². The molecule has 1 atom stereocenters. The van der Waals surface area contributed by atoms with E-state index >= 15 is 0 Å². The Labute approximate surface area is 124 Å². The summed E-state index contributed by atoms with van der Waals surface area (Å²) in [4.78, 5) is 4.33. The Morgan fingerprint density at radius 1 is 1.10 bits per heavy atom. The van der Waals surface area contributed by atoms with Gasteiger partial charge in [-0.1, -0.05) is 38.1 Å². The zero-order valence-electron chi connectivity index (χ0n) is 13.2. The third-order valence-corrected chi connectivity index (χ3v) is 4.01. The Kier molecular flexibility index (Phi) is 5.84. The quantitative estimate of drug-likeness (QED) is 0.909. The summed E-state index contributed by atoms with van der Waals surface area (Å²) in [6.45, 7) is 12.0. The van der Waals surface area contributed by atoms with E-state index in [0.717, 1.165) is 16.3 Å². The molecule has 0 bridgehead atoms. The van der Waals surface area contributed by atoms with Gasteiger partial charge in [-0.05, 0) is 38.6 Å². The molecule has 1 aromatic carbocycles. The second-order valence-electron chi connectivity index (χ2n) is 5.41. The fraction of sp³-hybridized carbons (Fsp3) is 0.438. The highest BCUT2D eigenvalue weighted by Gasteiger charge is 2.17. The zero-order valence-corrected chi connectivity index (χ0v) is 14.0. The van der Waals surface area contributed by atoms with Gasteiger partial charge < -0.3 is 0 Å². The number of pyridine rings is 1. The molecule has 1 N–H and O–H groups in total. The van der Waals surface area contributed by atoms with Crippen LogP contribution in [0.4, 0.5) is 0 Å². The Hall–Kier alpha value is -1.26. The molecule has 0 aliphatic rings. The first-order valence-corrected chi connectivity index (χ1v) is 8.07. The van der Waals surface area contributed by atoms with E-state index in [4.69, 9.17) is 0 Å². The lowest BCUT2D eigenvalue weighted by Gasteiger charge is -2.19. The van der Waals surface area contributed by atoms with Crippen LogP contribution in [-0.2, 0) is 11.0 Å². The predicted molar refractivity (Wildman–Crippen MR) is 87.1 cm³/mol. The normalized spacial score (nSPS) is 12.7. The maximum atomic E-state index is 12.3. The highest BCUT2D eigenvalue weighted by molar-refractivity contribution is 7.83. The van der Waals surface area contributed by atoms with E-state index in [0.29, 0.717) is 5.03 Å². The molecule has 2 rings (SSSR count). The van der Waals surface area contributed by atoms with Crippen molar-refractivity contribution >= 4 is 21.8 Å². The van der Waals surface area contributed by atoms with Gasteiger partial charge in [0.05, 0.1) is 0 Å². The second-order valence-corrected chi connectivity index (χ2v) is 6.54. The van der Waals surface area contributed by atoms with Gasteiger partial charge in [0, 0.05) is 17.1 Å². The van der Waals surface area contributed by atoms with Gasteiger partial charge in [0.2, 0.25) is 0 Å². The fourth-order valence-electron chi connectivity index (χ4n) is 1.78. The van der Waals surface area contributed by atoms with E-state index in [1.54, 1.807) is 6.20 Å². The molecule has 0 aliphatic carbocycles. The molecule has 0 radical (unpaired) electrons. The molecule has 1 heterocycles. The minimum absolute atomic E-state index is 0.210. The van der Waals surface area contributed by atoms with Crippen LogP contribution in [0.25, 0.3) is 10.8 Å². The first-order chi connectivity index (χ1) is 9.38. The van der Waals surface area contributed by atoms with Gasteiger partial charge in [-0.25, -0.2) is 13.9 Å². The molecule has 20 heavy (non-hydrogen) atoms. The monoisotopic (exact) mass is 292 g/mol. The standard InChI is InChI=1S/C14H18N2OS.C2H6/c1-10-9-15-13(18(17)16-14(2,3)4)12-8-6-5-7-11(10)12;1-2/h5-9,16H,1-4H3;1-2H3. The summed E-state index contributed by atoms with van der Waals surface area (Å²) in [6.07, 6.45) is 1.78. The molecule has 0 fully saturated rings. The first kappa shape index (κ1) is 16.8. The van der Waals surface area contributed by atoms with Gasteiger partial charge in [0.1, 0.15) is 16.0 Å². The topological polar surface area (TPSA) is 42.0 Å². The number of hydrogen-bond donors (Lipinski definition) is 1. The van der Waals surface area contributed by atoms with Crippen LogP contribution < -0.4 is 4.72 Å². The lowest BCUT2D eigenvalue weighted by molar-refractivity contribution is 0.519. The van der Waals surface area contributed by atoms with Crippen molar-refractivity contribution in [1.82, 2.24) is 9.71 Å². The second kappa shape index (κ2) is 6.95. The average Bonchev–Trinajstić information content (AvgIpc) is 2.39. The Balaban J connectivity index is 0.000000956. The van der Waals surface area contributed by atoms with E-state index in [-0.39, 0.29) is 5.54 Å². The molecule has 4 heteroatoms. The van der Waals surface area contributed by atoms with Crippen molar-refractivity contribution in [2.24, 2.45) is 0 Å². The molecule has 0 aliphatic heterocycles. The largest absolute Gasteiger partial charge is 0.245 e. The van der Waals surface area contributed by atoms with E-state index in [1.807, 2.05) is 65.8 Å². The average molecular weight is 292 g/mol. The molecule has 1 aromatic heterocycles. The van der Waals surface area contributed by atoms with Crippen LogP contribution in [0, 0.1) is 6.92 Å². The SMILES string of the molecule is CC.Cc1cnc(S(=O)NC(C)(C)C)c2ccccc12. The van der Waals surface area contributed by atoms with Crippen molar-refractivity contribution in [3.63, 3.8) is 0 Å². The van der Waals surface area contributed by atoms with E-state index < -0.39 is 11.0 Å². The summed E-state index contributed by atoms with van der Waals surface area (Å²) in [7, 11) is -1.30. The van der Waals surface area contributed by atoms with Crippen LogP contribution in [0.3, 0.4) is 0 Å². The third-order valence-electron chi connectivity index (χ3n) is 2.53. The smallest absolute Gasteiger partial charge is 0.150 e.